The second kappa shape index (κ2) is 11.0. The first kappa shape index (κ1) is 23.4. The topological polar surface area (TPSA) is 105 Å². The number of hydrogen-bond acceptors (Lipinski definition) is 7. The summed E-state index contributed by atoms with van der Waals surface area (Å²) in [7, 11) is 0. The summed E-state index contributed by atoms with van der Waals surface area (Å²) < 4.78 is 2.02. The molecule has 4 aromatic rings. The van der Waals surface area contributed by atoms with Crippen LogP contribution in [-0.2, 0) is 13.0 Å². The van der Waals surface area contributed by atoms with Crippen LogP contribution < -0.4 is 21.5 Å². The van der Waals surface area contributed by atoms with Gasteiger partial charge in [-0.3, -0.25) is 9.78 Å². The van der Waals surface area contributed by atoms with Crippen LogP contribution in [0.3, 0.4) is 0 Å². The van der Waals surface area contributed by atoms with Crippen molar-refractivity contribution in [3.63, 3.8) is 0 Å². The number of aromatic amines is 1. The second-order valence-electron chi connectivity index (χ2n) is 8.82. The average Bonchev–Trinajstić information content (AvgIpc) is 3.26. The summed E-state index contributed by atoms with van der Waals surface area (Å²) in [6.07, 6.45) is 2.82. The summed E-state index contributed by atoms with van der Waals surface area (Å²) in [6, 6.07) is 20.7. The Balaban J connectivity index is 1.38. The van der Waals surface area contributed by atoms with E-state index in [2.05, 4.69) is 44.5 Å². The molecule has 2 aromatic carbocycles. The average molecular weight is 490 g/mol. The number of rotatable bonds is 9. The first-order valence-electron chi connectivity index (χ1n) is 12.1. The minimum absolute atomic E-state index is 0.108. The third-order valence-electron chi connectivity index (χ3n) is 6.21. The maximum absolute atomic E-state index is 13.2. The van der Waals surface area contributed by atoms with Gasteiger partial charge in [-0.1, -0.05) is 48.5 Å². The number of piperidine rings is 1. The van der Waals surface area contributed by atoms with E-state index in [0.717, 1.165) is 44.1 Å². The van der Waals surface area contributed by atoms with E-state index in [4.69, 9.17) is 10.7 Å². The van der Waals surface area contributed by atoms with Crippen LogP contribution >= 0.6 is 11.8 Å². The Morgan fingerprint density at radius 3 is 2.63 bits per heavy atom. The molecule has 35 heavy (non-hydrogen) atoms. The molecular weight excluding hydrogens is 458 g/mol. The number of imidazole rings is 1. The highest BCUT2D eigenvalue weighted by Gasteiger charge is 2.24. The van der Waals surface area contributed by atoms with Crippen molar-refractivity contribution in [1.82, 2.24) is 19.5 Å². The molecule has 0 amide bonds. The Bertz CT molecular complexity index is 1310. The van der Waals surface area contributed by atoms with Crippen molar-refractivity contribution in [2.45, 2.75) is 36.7 Å². The van der Waals surface area contributed by atoms with Crippen LogP contribution in [0.25, 0.3) is 11.2 Å². The molecule has 1 aliphatic rings. The van der Waals surface area contributed by atoms with E-state index in [0.29, 0.717) is 30.2 Å². The van der Waals surface area contributed by atoms with E-state index in [1.807, 2.05) is 41.0 Å². The largest absolute Gasteiger partial charge is 0.355 e. The monoisotopic (exact) mass is 489 g/mol. The van der Waals surface area contributed by atoms with Gasteiger partial charge >= 0.3 is 0 Å². The molecule has 0 aliphatic carbocycles. The van der Waals surface area contributed by atoms with Crippen molar-refractivity contribution < 1.29 is 0 Å². The number of aryl methyl sites for hydroxylation is 2. The summed E-state index contributed by atoms with van der Waals surface area (Å²) >= 11 is 1.76. The number of fused-ring (bicyclic) bond motifs is 1. The number of nitrogens with two attached hydrogens (primary N) is 1. The van der Waals surface area contributed by atoms with Crippen LogP contribution in [-0.4, -0.2) is 50.9 Å². The Morgan fingerprint density at radius 2 is 1.86 bits per heavy atom. The quantitative estimate of drug-likeness (QED) is 0.244. The molecule has 1 atom stereocenters. The highest BCUT2D eigenvalue weighted by atomic mass is 32.2. The highest BCUT2D eigenvalue weighted by Crippen LogP contribution is 2.24. The summed E-state index contributed by atoms with van der Waals surface area (Å²) in [5.74, 6) is 2.08. The van der Waals surface area contributed by atoms with Crippen molar-refractivity contribution >= 4 is 34.8 Å². The van der Waals surface area contributed by atoms with Crippen LogP contribution in [0.1, 0.15) is 18.4 Å². The SMILES string of the molecule is NC1CCCN(c2nc3nc(NCCSc4ccccc4)[nH]c(=O)c3n2CCc2ccccc2)C1. The number of hydrogen-bond donors (Lipinski definition) is 3. The lowest BCUT2D eigenvalue weighted by Crippen LogP contribution is -2.44. The minimum atomic E-state index is -0.179. The number of benzene rings is 2. The Hall–Kier alpha value is -3.30. The second-order valence-corrected chi connectivity index (χ2v) is 9.99. The first-order valence-corrected chi connectivity index (χ1v) is 13.1. The zero-order valence-electron chi connectivity index (χ0n) is 19.7. The molecule has 8 nitrogen and oxygen atoms in total. The summed E-state index contributed by atoms with van der Waals surface area (Å²) in [6.45, 7) is 2.93. The van der Waals surface area contributed by atoms with Gasteiger partial charge in [0.25, 0.3) is 5.56 Å². The highest BCUT2D eigenvalue weighted by molar-refractivity contribution is 7.99. The van der Waals surface area contributed by atoms with Crippen molar-refractivity contribution in [2.24, 2.45) is 5.73 Å². The van der Waals surface area contributed by atoms with Crippen molar-refractivity contribution in [1.29, 1.82) is 0 Å². The van der Waals surface area contributed by atoms with E-state index < -0.39 is 0 Å². The summed E-state index contributed by atoms with van der Waals surface area (Å²) in [5.41, 5.74) is 8.28. The smallest absolute Gasteiger partial charge is 0.278 e. The van der Waals surface area contributed by atoms with Crippen molar-refractivity contribution in [3.8, 4) is 0 Å². The number of anilines is 2. The van der Waals surface area contributed by atoms with E-state index in [-0.39, 0.29) is 11.6 Å². The molecule has 3 heterocycles. The third-order valence-corrected chi connectivity index (χ3v) is 7.22. The molecule has 1 saturated heterocycles. The molecular formula is C26H31N7OS. The first-order chi connectivity index (χ1) is 17.2. The standard InChI is InChI=1S/C26H31N7OS/c27-20-10-7-15-32(18-20)26-30-23-22(33(26)16-13-19-8-3-1-4-9-19)24(34)31-25(29-23)28-14-17-35-21-11-5-2-6-12-21/h1-6,8-9,11-12,20H,7,10,13-18,27H2,(H2,28,29,31,34). The maximum Gasteiger partial charge on any atom is 0.278 e. The summed E-state index contributed by atoms with van der Waals surface area (Å²) in [5, 5.41) is 3.25. The van der Waals surface area contributed by atoms with Crippen LogP contribution in [0, 0.1) is 0 Å². The number of nitrogens with zero attached hydrogens (tertiary/aromatic N) is 4. The van der Waals surface area contributed by atoms with Crippen LogP contribution in [0.4, 0.5) is 11.9 Å². The molecule has 9 heteroatoms. The molecule has 1 fully saturated rings. The van der Waals surface area contributed by atoms with Gasteiger partial charge in [-0.25, -0.2) is 0 Å². The molecule has 1 aliphatic heterocycles. The molecule has 0 spiro atoms. The van der Waals surface area contributed by atoms with Crippen molar-refractivity contribution in [2.75, 3.05) is 35.6 Å². The van der Waals surface area contributed by atoms with Gasteiger partial charge in [0.15, 0.2) is 11.2 Å². The number of aromatic nitrogens is 4. The lowest BCUT2D eigenvalue weighted by molar-refractivity contribution is 0.493. The molecule has 5 rings (SSSR count). The van der Waals surface area contributed by atoms with E-state index in [1.165, 1.54) is 10.5 Å². The van der Waals surface area contributed by atoms with Crippen LogP contribution in [0.2, 0.25) is 0 Å². The van der Waals surface area contributed by atoms with Gasteiger partial charge in [0.1, 0.15) is 0 Å². The van der Waals surface area contributed by atoms with Gasteiger partial charge in [0.05, 0.1) is 0 Å². The van der Waals surface area contributed by atoms with Crippen molar-refractivity contribution in [3.05, 3.63) is 76.6 Å². The number of thioether (sulfide) groups is 1. The van der Waals surface area contributed by atoms with Gasteiger partial charge in [-0.05, 0) is 37.0 Å². The molecule has 2 aromatic heterocycles. The third kappa shape index (κ3) is 5.68. The zero-order valence-corrected chi connectivity index (χ0v) is 20.5. The summed E-state index contributed by atoms with van der Waals surface area (Å²) in [4.78, 5) is 29.0. The zero-order chi connectivity index (χ0) is 24.0. The van der Waals surface area contributed by atoms with Gasteiger partial charge < -0.3 is 20.5 Å². The Labute approximate surface area is 209 Å². The fraction of sp³-hybridized carbons (Fsp3) is 0.346. The Kier molecular flexibility index (Phi) is 7.34. The molecule has 0 radical (unpaired) electrons. The number of H-pyrrole nitrogens is 1. The van der Waals surface area contributed by atoms with Gasteiger partial charge in [0, 0.05) is 42.9 Å². The lowest BCUT2D eigenvalue weighted by Gasteiger charge is -2.31. The molecule has 1 unspecified atom stereocenters. The Morgan fingerprint density at radius 1 is 1.09 bits per heavy atom. The fourth-order valence-corrected chi connectivity index (χ4v) is 5.29. The van der Waals surface area contributed by atoms with Gasteiger partial charge in [-0.15, -0.1) is 11.8 Å². The van der Waals surface area contributed by atoms with Crippen LogP contribution in [0.15, 0.2) is 70.4 Å². The molecule has 182 valence electrons. The lowest BCUT2D eigenvalue weighted by atomic mass is 10.1. The predicted octanol–water partition coefficient (Wildman–Crippen LogP) is 3.49. The maximum atomic E-state index is 13.2. The minimum Gasteiger partial charge on any atom is -0.355 e. The predicted molar refractivity (Wildman–Crippen MR) is 143 cm³/mol. The van der Waals surface area contributed by atoms with E-state index >= 15 is 0 Å². The van der Waals surface area contributed by atoms with E-state index in [9.17, 15) is 4.79 Å². The van der Waals surface area contributed by atoms with Gasteiger partial charge in [0.2, 0.25) is 11.9 Å². The van der Waals surface area contributed by atoms with Gasteiger partial charge in [-0.2, -0.15) is 9.97 Å². The molecule has 4 N–H and O–H groups in total. The molecule has 0 bridgehead atoms. The van der Waals surface area contributed by atoms with E-state index in [1.54, 1.807) is 11.8 Å². The van der Waals surface area contributed by atoms with Crippen LogP contribution in [0.5, 0.6) is 0 Å². The normalized spacial score (nSPS) is 16.0. The number of nitrogens with one attached hydrogen (secondary N) is 2. The molecule has 0 saturated carbocycles. The fourth-order valence-electron chi connectivity index (χ4n) is 4.50.